The third-order valence-electron chi connectivity index (χ3n) is 1.99. The molecular formula is C10H16. The standard InChI is InChI=1S/C10H16/c1-8(2)10-6-4-9(3)5-7-10/h4,7-8H,5-6H2,1-3H3/i3D. The highest BCUT2D eigenvalue weighted by Crippen LogP contribution is 2.22. The van der Waals surface area contributed by atoms with Crippen molar-refractivity contribution in [1.29, 1.82) is 0 Å². The molecule has 0 aliphatic heterocycles. The zero-order chi connectivity index (χ0) is 8.27. The fourth-order valence-electron chi connectivity index (χ4n) is 1.16. The van der Waals surface area contributed by atoms with Gasteiger partial charge in [-0.15, -0.1) is 0 Å². The third-order valence-corrected chi connectivity index (χ3v) is 1.99. The van der Waals surface area contributed by atoms with E-state index >= 15 is 0 Å². The number of allylic oxidation sites excluding steroid dienone is 4. The van der Waals surface area contributed by atoms with Gasteiger partial charge in [0.05, 0.1) is 0 Å². The van der Waals surface area contributed by atoms with Crippen LogP contribution < -0.4 is 0 Å². The fraction of sp³-hybridized carbons (Fsp3) is 0.600. The van der Waals surface area contributed by atoms with Gasteiger partial charge in [0, 0.05) is 1.37 Å². The van der Waals surface area contributed by atoms with Crippen molar-refractivity contribution >= 4 is 0 Å². The van der Waals surface area contributed by atoms with E-state index in [9.17, 15) is 0 Å². The summed E-state index contributed by atoms with van der Waals surface area (Å²) >= 11 is 0. The molecule has 1 aliphatic carbocycles. The highest BCUT2D eigenvalue weighted by molar-refractivity contribution is 5.21. The number of rotatable bonds is 1. The zero-order valence-corrected chi connectivity index (χ0v) is 6.85. The molecular weight excluding hydrogens is 120 g/mol. The normalized spacial score (nSPS) is 20.1. The van der Waals surface area contributed by atoms with E-state index in [2.05, 4.69) is 26.0 Å². The minimum Gasteiger partial charge on any atom is -0.0812 e. The van der Waals surface area contributed by atoms with Gasteiger partial charge >= 0.3 is 0 Å². The molecule has 1 rings (SSSR count). The maximum absolute atomic E-state index is 7.17. The number of hydrogen-bond acceptors (Lipinski definition) is 0. The van der Waals surface area contributed by atoms with E-state index < -0.39 is 0 Å². The molecule has 0 aromatic rings. The van der Waals surface area contributed by atoms with Gasteiger partial charge in [-0.05, 0) is 25.7 Å². The first-order valence-corrected chi connectivity index (χ1v) is 3.90. The van der Waals surface area contributed by atoms with Gasteiger partial charge in [-0.1, -0.05) is 37.1 Å². The van der Waals surface area contributed by atoms with E-state index in [4.69, 9.17) is 1.37 Å². The SMILES string of the molecule is [2H]CC1=CCC(C(C)C)=CC1. The van der Waals surface area contributed by atoms with Gasteiger partial charge in [-0.3, -0.25) is 0 Å². The highest BCUT2D eigenvalue weighted by atomic mass is 14.1. The van der Waals surface area contributed by atoms with Gasteiger partial charge < -0.3 is 0 Å². The van der Waals surface area contributed by atoms with Crippen LogP contribution in [0.15, 0.2) is 23.3 Å². The van der Waals surface area contributed by atoms with Crippen LogP contribution in [0, 0.1) is 5.92 Å². The Kier molecular flexibility index (Phi) is 1.89. The van der Waals surface area contributed by atoms with Crippen LogP contribution in [0.1, 0.15) is 35.0 Å². The van der Waals surface area contributed by atoms with Crippen molar-refractivity contribution < 1.29 is 1.37 Å². The Labute approximate surface area is 65.0 Å². The Morgan fingerprint density at radius 1 is 1.40 bits per heavy atom. The molecule has 0 unspecified atom stereocenters. The first kappa shape index (κ1) is 6.21. The first-order valence-electron chi connectivity index (χ1n) is 4.60. The van der Waals surface area contributed by atoms with Crippen LogP contribution in [0.4, 0.5) is 0 Å². The second-order valence-corrected chi connectivity index (χ2v) is 3.20. The van der Waals surface area contributed by atoms with Crippen LogP contribution in [0.3, 0.4) is 0 Å². The maximum atomic E-state index is 7.17. The second-order valence-electron chi connectivity index (χ2n) is 3.20. The molecule has 1 aliphatic rings. The lowest BCUT2D eigenvalue weighted by atomic mass is 9.93. The summed E-state index contributed by atoms with van der Waals surface area (Å²) < 4.78 is 7.17. The lowest BCUT2D eigenvalue weighted by Gasteiger charge is -2.13. The lowest BCUT2D eigenvalue weighted by molar-refractivity contribution is 0.733. The summed E-state index contributed by atoms with van der Waals surface area (Å²) in [6.07, 6.45) is 6.58. The van der Waals surface area contributed by atoms with Crippen molar-refractivity contribution in [1.82, 2.24) is 0 Å². The Morgan fingerprint density at radius 3 is 2.60 bits per heavy atom. The molecule has 10 heavy (non-hydrogen) atoms. The molecule has 0 N–H and O–H groups in total. The molecule has 0 radical (unpaired) electrons. The molecule has 0 aromatic carbocycles. The van der Waals surface area contributed by atoms with Gasteiger partial charge in [0.15, 0.2) is 0 Å². The molecule has 0 nitrogen and oxygen atoms in total. The topological polar surface area (TPSA) is 0 Å². The molecule has 0 heteroatoms. The number of hydrogen-bond donors (Lipinski definition) is 0. The van der Waals surface area contributed by atoms with E-state index in [-0.39, 0.29) is 0 Å². The molecule has 0 fully saturated rings. The summed E-state index contributed by atoms with van der Waals surface area (Å²) in [5.74, 6) is 0.679. The summed E-state index contributed by atoms with van der Waals surface area (Å²) in [7, 11) is 0. The van der Waals surface area contributed by atoms with Crippen LogP contribution in [-0.4, -0.2) is 0 Å². The summed E-state index contributed by atoms with van der Waals surface area (Å²) in [6.45, 7) is 4.93. The van der Waals surface area contributed by atoms with E-state index in [1.165, 1.54) is 11.1 Å². The fourth-order valence-corrected chi connectivity index (χ4v) is 1.16. The van der Waals surface area contributed by atoms with Crippen molar-refractivity contribution in [2.75, 3.05) is 0 Å². The van der Waals surface area contributed by atoms with E-state index in [0.29, 0.717) is 12.8 Å². The Balaban J connectivity index is 2.50. The molecule has 0 aromatic heterocycles. The summed E-state index contributed by atoms with van der Waals surface area (Å²) in [5.41, 5.74) is 2.80. The van der Waals surface area contributed by atoms with Gasteiger partial charge in [-0.2, -0.15) is 0 Å². The van der Waals surface area contributed by atoms with Gasteiger partial charge in [0.1, 0.15) is 0 Å². The highest BCUT2D eigenvalue weighted by Gasteiger charge is 2.04. The predicted molar refractivity (Wildman–Crippen MR) is 45.9 cm³/mol. The Hall–Kier alpha value is -0.520. The molecule has 0 saturated heterocycles. The molecule has 0 bridgehead atoms. The van der Waals surface area contributed by atoms with E-state index in [1.807, 2.05) is 0 Å². The van der Waals surface area contributed by atoms with Crippen molar-refractivity contribution in [2.45, 2.75) is 33.6 Å². The van der Waals surface area contributed by atoms with Gasteiger partial charge in [0.25, 0.3) is 0 Å². The first-order chi connectivity index (χ1) is 5.24. The second kappa shape index (κ2) is 3.05. The molecule has 0 heterocycles. The van der Waals surface area contributed by atoms with Crippen LogP contribution in [0.2, 0.25) is 0 Å². The van der Waals surface area contributed by atoms with Crippen LogP contribution in [-0.2, 0) is 0 Å². The molecule has 0 spiro atoms. The van der Waals surface area contributed by atoms with E-state index in [1.54, 1.807) is 0 Å². The largest absolute Gasteiger partial charge is 0.0812 e. The van der Waals surface area contributed by atoms with Crippen LogP contribution in [0.25, 0.3) is 0 Å². The van der Waals surface area contributed by atoms with Crippen LogP contribution >= 0.6 is 0 Å². The zero-order valence-electron chi connectivity index (χ0n) is 7.85. The monoisotopic (exact) mass is 137 g/mol. The summed E-state index contributed by atoms with van der Waals surface area (Å²) in [6, 6.07) is 0. The van der Waals surface area contributed by atoms with Crippen LogP contribution in [0.5, 0.6) is 0 Å². The van der Waals surface area contributed by atoms with E-state index in [0.717, 1.165) is 12.8 Å². The average Bonchev–Trinajstić information content (AvgIpc) is 2.05. The minimum atomic E-state index is 0.474. The van der Waals surface area contributed by atoms with Crippen molar-refractivity contribution in [3.63, 3.8) is 0 Å². The Bertz CT molecular complexity index is 187. The summed E-state index contributed by atoms with van der Waals surface area (Å²) in [4.78, 5) is 0. The van der Waals surface area contributed by atoms with Crippen molar-refractivity contribution in [3.05, 3.63) is 23.3 Å². The quantitative estimate of drug-likeness (QED) is 0.486. The molecule has 56 valence electrons. The van der Waals surface area contributed by atoms with Gasteiger partial charge in [-0.25, -0.2) is 0 Å². The predicted octanol–water partition coefficient (Wildman–Crippen LogP) is 3.31. The molecule has 0 amide bonds. The summed E-state index contributed by atoms with van der Waals surface area (Å²) in [5, 5.41) is 0. The minimum absolute atomic E-state index is 0.474. The lowest BCUT2D eigenvalue weighted by Crippen LogP contribution is -1.96. The van der Waals surface area contributed by atoms with Crippen molar-refractivity contribution in [3.8, 4) is 0 Å². The molecule has 0 saturated carbocycles. The third kappa shape index (κ3) is 1.73. The smallest absolute Gasteiger partial charge is 0.0276 e. The average molecular weight is 137 g/mol. The van der Waals surface area contributed by atoms with Crippen molar-refractivity contribution in [2.24, 2.45) is 5.92 Å². The Morgan fingerprint density at radius 2 is 2.20 bits per heavy atom. The molecule has 0 atom stereocenters. The van der Waals surface area contributed by atoms with Gasteiger partial charge in [0.2, 0.25) is 0 Å². The maximum Gasteiger partial charge on any atom is 0.0276 e.